The molecule has 0 fully saturated rings. The molecule has 0 radical (unpaired) electrons. The smallest absolute Gasteiger partial charge is 0.212 e. The van der Waals surface area contributed by atoms with E-state index in [9.17, 15) is 0 Å². The highest BCUT2D eigenvalue weighted by Crippen LogP contribution is 2.08. The molecule has 0 unspecified atom stereocenters. The molecular formula is C8H8INO. The molecule has 11 heavy (non-hydrogen) atoms. The summed E-state index contributed by atoms with van der Waals surface area (Å²) in [5, 5.41) is 7.35. The highest BCUT2D eigenvalue weighted by molar-refractivity contribution is 14.1. The van der Waals surface area contributed by atoms with Gasteiger partial charge in [0.2, 0.25) is 5.90 Å². The van der Waals surface area contributed by atoms with Crippen molar-refractivity contribution in [2.24, 2.45) is 0 Å². The predicted octanol–water partition coefficient (Wildman–Crippen LogP) is 2.26. The van der Waals surface area contributed by atoms with Crippen LogP contribution in [-0.4, -0.2) is 13.0 Å². The predicted molar refractivity (Wildman–Crippen MR) is 53.0 cm³/mol. The first-order valence-corrected chi connectivity index (χ1v) is 4.20. The van der Waals surface area contributed by atoms with Gasteiger partial charge in [-0.3, -0.25) is 5.41 Å². The van der Waals surface area contributed by atoms with E-state index >= 15 is 0 Å². The van der Waals surface area contributed by atoms with Crippen molar-refractivity contribution in [1.82, 2.24) is 0 Å². The zero-order valence-corrected chi connectivity index (χ0v) is 8.25. The van der Waals surface area contributed by atoms with Gasteiger partial charge in [-0.1, -0.05) is 6.07 Å². The fraction of sp³-hybridized carbons (Fsp3) is 0.125. The largest absolute Gasteiger partial charge is 0.481 e. The lowest BCUT2D eigenvalue weighted by atomic mass is 10.2. The Kier molecular flexibility index (Phi) is 2.87. The average molecular weight is 261 g/mol. The molecule has 0 heterocycles. The first-order chi connectivity index (χ1) is 5.24. The summed E-state index contributed by atoms with van der Waals surface area (Å²) in [6.45, 7) is 0. The zero-order chi connectivity index (χ0) is 8.27. The lowest BCUT2D eigenvalue weighted by molar-refractivity contribution is 0.401. The lowest BCUT2D eigenvalue weighted by Gasteiger charge is -2.01. The van der Waals surface area contributed by atoms with E-state index in [2.05, 4.69) is 22.6 Å². The molecule has 0 bridgehead atoms. The van der Waals surface area contributed by atoms with Crippen molar-refractivity contribution in [2.75, 3.05) is 7.11 Å². The molecule has 0 atom stereocenters. The Bertz CT molecular complexity index is 273. The van der Waals surface area contributed by atoms with Crippen molar-refractivity contribution in [3.05, 3.63) is 33.4 Å². The number of hydrogen-bond acceptors (Lipinski definition) is 2. The minimum Gasteiger partial charge on any atom is -0.481 e. The monoisotopic (exact) mass is 261 g/mol. The third-order valence-electron chi connectivity index (χ3n) is 1.29. The van der Waals surface area contributed by atoms with Crippen LogP contribution in [0.5, 0.6) is 0 Å². The van der Waals surface area contributed by atoms with Crippen LogP contribution in [0.2, 0.25) is 0 Å². The standard InChI is InChI=1S/C8H8INO/c1-11-8(10)6-3-2-4-7(9)5-6/h2-5,10H,1H3. The van der Waals surface area contributed by atoms with Gasteiger partial charge in [-0.05, 0) is 40.8 Å². The van der Waals surface area contributed by atoms with Gasteiger partial charge < -0.3 is 4.74 Å². The molecule has 1 N–H and O–H groups in total. The maximum absolute atomic E-state index is 7.35. The summed E-state index contributed by atoms with van der Waals surface area (Å²) in [7, 11) is 1.50. The molecule has 2 nitrogen and oxygen atoms in total. The first-order valence-electron chi connectivity index (χ1n) is 3.12. The number of methoxy groups -OCH3 is 1. The third-order valence-corrected chi connectivity index (χ3v) is 1.96. The molecule has 3 heteroatoms. The minimum atomic E-state index is 0.212. The molecule has 0 spiro atoms. The maximum atomic E-state index is 7.35. The number of hydrogen-bond donors (Lipinski definition) is 1. The van der Waals surface area contributed by atoms with Crippen molar-refractivity contribution in [3.63, 3.8) is 0 Å². The normalized spacial score (nSPS) is 9.27. The Morgan fingerprint density at radius 1 is 1.55 bits per heavy atom. The Balaban J connectivity index is 2.96. The number of nitrogens with one attached hydrogen (secondary N) is 1. The Morgan fingerprint density at radius 2 is 2.27 bits per heavy atom. The van der Waals surface area contributed by atoms with Crippen LogP contribution < -0.4 is 0 Å². The van der Waals surface area contributed by atoms with Gasteiger partial charge in [0.15, 0.2) is 0 Å². The van der Waals surface area contributed by atoms with E-state index in [0.717, 1.165) is 9.13 Å². The molecular weight excluding hydrogens is 253 g/mol. The van der Waals surface area contributed by atoms with Gasteiger partial charge in [-0.25, -0.2) is 0 Å². The fourth-order valence-corrected chi connectivity index (χ4v) is 1.29. The van der Waals surface area contributed by atoms with Gasteiger partial charge in [0, 0.05) is 9.13 Å². The second-order valence-electron chi connectivity index (χ2n) is 2.04. The third kappa shape index (κ3) is 2.18. The molecule has 1 rings (SSSR count). The van der Waals surface area contributed by atoms with Gasteiger partial charge >= 0.3 is 0 Å². The molecule has 0 aromatic heterocycles. The first kappa shape index (κ1) is 8.52. The number of rotatable bonds is 1. The minimum absolute atomic E-state index is 0.212. The van der Waals surface area contributed by atoms with Crippen molar-refractivity contribution >= 4 is 28.5 Å². The average Bonchev–Trinajstić information content (AvgIpc) is 2.03. The Labute approximate surface area is 79.2 Å². The SMILES string of the molecule is COC(=N)c1cccc(I)c1. The quantitative estimate of drug-likeness (QED) is 0.469. The fourth-order valence-electron chi connectivity index (χ4n) is 0.748. The maximum Gasteiger partial charge on any atom is 0.212 e. The Morgan fingerprint density at radius 3 is 2.82 bits per heavy atom. The van der Waals surface area contributed by atoms with Gasteiger partial charge in [-0.2, -0.15) is 0 Å². The summed E-state index contributed by atoms with van der Waals surface area (Å²) < 4.78 is 5.88. The molecule has 1 aromatic carbocycles. The van der Waals surface area contributed by atoms with Crippen LogP contribution in [0.15, 0.2) is 24.3 Å². The highest BCUT2D eigenvalue weighted by atomic mass is 127. The summed E-state index contributed by atoms with van der Waals surface area (Å²) in [4.78, 5) is 0. The van der Waals surface area contributed by atoms with Crippen LogP contribution in [0.1, 0.15) is 5.56 Å². The topological polar surface area (TPSA) is 33.1 Å². The highest BCUT2D eigenvalue weighted by Gasteiger charge is 1.98. The van der Waals surface area contributed by atoms with Crippen molar-refractivity contribution in [3.8, 4) is 0 Å². The number of benzene rings is 1. The van der Waals surface area contributed by atoms with Crippen LogP contribution in [0.25, 0.3) is 0 Å². The number of halogens is 1. The van der Waals surface area contributed by atoms with E-state index in [-0.39, 0.29) is 5.90 Å². The van der Waals surface area contributed by atoms with Gasteiger partial charge in [-0.15, -0.1) is 0 Å². The van der Waals surface area contributed by atoms with Crippen LogP contribution in [0, 0.1) is 8.98 Å². The van der Waals surface area contributed by atoms with E-state index in [4.69, 9.17) is 10.1 Å². The second-order valence-corrected chi connectivity index (χ2v) is 3.29. The van der Waals surface area contributed by atoms with Crippen molar-refractivity contribution in [1.29, 1.82) is 5.41 Å². The van der Waals surface area contributed by atoms with E-state index in [0.29, 0.717) is 0 Å². The van der Waals surface area contributed by atoms with Crippen LogP contribution in [-0.2, 0) is 4.74 Å². The summed E-state index contributed by atoms with van der Waals surface area (Å²) in [6, 6.07) is 7.65. The summed E-state index contributed by atoms with van der Waals surface area (Å²) in [5.41, 5.74) is 0.819. The molecule has 0 aliphatic rings. The van der Waals surface area contributed by atoms with Crippen LogP contribution >= 0.6 is 22.6 Å². The van der Waals surface area contributed by atoms with E-state index < -0.39 is 0 Å². The summed E-state index contributed by atoms with van der Waals surface area (Å²) in [6.07, 6.45) is 0. The van der Waals surface area contributed by atoms with Crippen LogP contribution in [0.3, 0.4) is 0 Å². The summed E-state index contributed by atoms with van der Waals surface area (Å²) in [5.74, 6) is 0.212. The molecule has 0 amide bonds. The summed E-state index contributed by atoms with van der Waals surface area (Å²) >= 11 is 2.20. The molecule has 0 saturated heterocycles. The van der Waals surface area contributed by atoms with Gasteiger partial charge in [0.25, 0.3) is 0 Å². The Hall–Kier alpha value is -0.580. The van der Waals surface area contributed by atoms with Crippen molar-refractivity contribution in [2.45, 2.75) is 0 Å². The van der Waals surface area contributed by atoms with E-state index in [1.807, 2.05) is 24.3 Å². The van der Waals surface area contributed by atoms with Crippen molar-refractivity contribution < 1.29 is 4.74 Å². The molecule has 0 saturated carbocycles. The van der Waals surface area contributed by atoms with E-state index in [1.165, 1.54) is 7.11 Å². The van der Waals surface area contributed by atoms with Gasteiger partial charge in [0.1, 0.15) is 0 Å². The van der Waals surface area contributed by atoms with Crippen LogP contribution in [0.4, 0.5) is 0 Å². The molecule has 0 aliphatic carbocycles. The van der Waals surface area contributed by atoms with E-state index in [1.54, 1.807) is 0 Å². The van der Waals surface area contributed by atoms with Gasteiger partial charge in [0.05, 0.1) is 7.11 Å². The molecule has 1 aromatic rings. The lowest BCUT2D eigenvalue weighted by Crippen LogP contribution is -2.00. The number of ether oxygens (including phenoxy) is 1. The molecule has 0 aliphatic heterocycles. The molecule has 58 valence electrons. The zero-order valence-electron chi connectivity index (χ0n) is 6.10. The second kappa shape index (κ2) is 3.71.